The van der Waals surface area contributed by atoms with Gasteiger partial charge in [-0.1, -0.05) is 24.1 Å². The number of nitro groups is 1. The smallest absolute Gasteiger partial charge is 0.271 e. The molecule has 0 fully saturated rings. The summed E-state index contributed by atoms with van der Waals surface area (Å²) in [6.45, 7) is 9.37. The zero-order valence-corrected chi connectivity index (χ0v) is 18.2. The minimum atomic E-state index is -0.486. The Balaban J connectivity index is 1.73. The number of rotatable bonds is 9. The van der Waals surface area contributed by atoms with Crippen molar-refractivity contribution in [1.82, 2.24) is 0 Å². The Labute approximate surface area is 182 Å². The number of halogens is 1. The van der Waals surface area contributed by atoms with Gasteiger partial charge in [0, 0.05) is 29.9 Å². The molecule has 0 aromatic heterocycles. The van der Waals surface area contributed by atoms with Gasteiger partial charge in [-0.15, -0.1) is 11.7 Å². The van der Waals surface area contributed by atoms with Crippen LogP contribution in [0.4, 0.5) is 22.7 Å². The molecule has 0 atom stereocenters. The molecule has 0 amide bonds. The molecule has 0 saturated carbocycles. The van der Waals surface area contributed by atoms with E-state index >= 15 is 0 Å². The van der Waals surface area contributed by atoms with Gasteiger partial charge in [-0.25, -0.2) is 0 Å². The van der Waals surface area contributed by atoms with Crippen molar-refractivity contribution in [2.24, 2.45) is 10.2 Å². The number of benzene rings is 2. The van der Waals surface area contributed by atoms with E-state index in [9.17, 15) is 10.1 Å². The number of unbranched alkanes of at least 4 members (excludes halogenated alkanes) is 3. The number of fused-ring (bicyclic) bond motifs is 1. The quantitative estimate of drug-likeness (QED) is 0.136. The van der Waals surface area contributed by atoms with Crippen LogP contribution in [-0.2, 0) is 6.42 Å². The number of anilines is 1. The van der Waals surface area contributed by atoms with Crippen molar-refractivity contribution in [3.63, 3.8) is 0 Å². The van der Waals surface area contributed by atoms with Gasteiger partial charge in [0.2, 0.25) is 0 Å². The van der Waals surface area contributed by atoms with Crippen molar-refractivity contribution in [1.29, 1.82) is 0 Å². The van der Waals surface area contributed by atoms with E-state index in [0.29, 0.717) is 5.69 Å². The average Bonchev–Trinajstić information content (AvgIpc) is 2.95. The van der Waals surface area contributed by atoms with E-state index in [2.05, 4.69) is 47.7 Å². The van der Waals surface area contributed by atoms with Crippen LogP contribution in [0.1, 0.15) is 45.1 Å². The zero-order valence-electron chi connectivity index (χ0n) is 17.5. The lowest BCUT2D eigenvalue weighted by atomic mass is 9.99. The molecule has 30 heavy (non-hydrogen) atoms. The number of hydrogen-bond donors (Lipinski definition) is 0. The number of nitro benzene ring substituents is 1. The standard InChI is InChI=1S/C23H27ClN4O2/c1-4-5-6-7-8-13-27-22-12-9-18(14-17(22)16-23(27,2)3)25-26-21-11-10-19(28(29)30)15-20(21)24/h4,9-12,14-15H,1,5-8,13,16H2,2-3H3. The van der Waals surface area contributed by atoms with Crippen LogP contribution in [0.3, 0.4) is 0 Å². The minimum absolute atomic E-state index is 0.0664. The number of nitrogens with zero attached hydrogens (tertiary/aromatic N) is 4. The first-order valence-corrected chi connectivity index (χ1v) is 10.6. The third kappa shape index (κ3) is 5.05. The maximum Gasteiger partial charge on any atom is 0.271 e. The van der Waals surface area contributed by atoms with Crippen LogP contribution in [0.5, 0.6) is 0 Å². The van der Waals surface area contributed by atoms with Gasteiger partial charge >= 0.3 is 0 Å². The van der Waals surface area contributed by atoms with Gasteiger partial charge in [-0.05, 0) is 69.4 Å². The Morgan fingerprint density at radius 3 is 2.70 bits per heavy atom. The first-order valence-electron chi connectivity index (χ1n) is 10.2. The van der Waals surface area contributed by atoms with Gasteiger partial charge in [0.05, 0.1) is 15.6 Å². The highest BCUT2D eigenvalue weighted by Crippen LogP contribution is 2.41. The fraction of sp³-hybridized carbons (Fsp3) is 0.391. The highest BCUT2D eigenvalue weighted by molar-refractivity contribution is 6.33. The molecule has 0 bridgehead atoms. The molecule has 1 aliphatic rings. The van der Waals surface area contributed by atoms with Crippen molar-refractivity contribution in [2.75, 3.05) is 11.4 Å². The van der Waals surface area contributed by atoms with E-state index in [-0.39, 0.29) is 16.2 Å². The molecule has 1 aliphatic heterocycles. The summed E-state index contributed by atoms with van der Waals surface area (Å²) >= 11 is 6.10. The fourth-order valence-electron chi connectivity index (χ4n) is 3.89. The third-order valence-corrected chi connectivity index (χ3v) is 5.72. The summed E-state index contributed by atoms with van der Waals surface area (Å²) in [5.41, 5.74) is 3.67. The lowest BCUT2D eigenvalue weighted by Crippen LogP contribution is -2.41. The molecule has 0 spiro atoms. The summed E-state index contributed by atoms with van der Waals surface area (Å²) in [6.07, 6.45) is 7.57. The van der Waals surface area contributed by atoms with Crippen molar-refractivity contribution in [3.05, 3.63) is 69.8 Å². The number of allylic oxidation sites excluding steroid dienone is 1. The Hall–Kier alpha value is -2.73. The molecule has 3 rings (SSSR count). The summed E-state index contributed by atoms with van der Waals surface area (Å²) < 4.78 is 0. The molecule has 0 unspecified atom stereocenters. The monoisotopic (exact) mass is 426 g/mol. The second kappa shape index (κ2) is 9.39. The molecule has 158 valence electrons. The van der Waals surface area contributed by atoms with Gasteiger partial charge < -0.3 is 4.90 Å². The van der Waals surface area contributed by atoms with Crippen LogP contribution in [0.25, 0.3) is 0 Å². The molecule has 0 aliphatic carbocycles. The lowest BCUT2D eigenvalue weighted by molar-refractivity contribution is -0.384. The second-order valence-electron chi connectivity index (χ2n) is 8.18. The van der Waals surface area contributed by atoms with E-state index in [0.717, 1.165) is 31.5 Å². The first-order chi connectivity index (χ1) is 14.3. The summed E-state index contributed by atoms with van der Waals surface area (Å²) in [5.74, 6) is 0. The van der Waals surface area contributed by atoms with Crippen molar-refractivity contribution < 1.29 is 4.92 Å². The fourth-order valence-corrected chi connectivity index (χ4v) is 4.10. The van der Waals surface area contributed by atoms with Crippen LogP contribution in [0.15, 0.2) is 59.3 Å². The number of non-ortho nitro benzene ring substituents is 1. The number of azo groups is 1. The molecule has 7 heteroatoms. The van der Waals surface area contributed by atoms with Crippen LogP contribution in [0, 0.1) is 10.1 Å². The van der Waals surface area contributed by atoms with Crippen LogP contribution in [0.2, 0.25) is 5.02 Å². The summed E-state index contributed by atoms with van der Waals surface area (Å²) in [6, 6.07) is 10.3. The number of hydrogen-bond acceptors (Lipinski definition) is 5. The van der Waals surface area contributed by atoms with Gasteiger partial charge in [0.15, 0.2) is 0 Å². The maximum absolute atomic E-state index is 10.8. The normalized spacial score (nSPS) is 14.8. The second-order valence-corrected chi connectivity index (χ2v) is 8.59. The first kappa shape index (κ1) is 22.0. The summed E-state index contributed by atoms with van der Waals surface area (Å²) in [7, 11) is 0. The Morgan fingerprint density at radius 2 is 2.00 bits per heavy atom. The summed E-state index contributed by atoms with van der Waals surface area (Å²) in [5, 5.41) is 19.5. The highest BCUT2D eigenvalue weighted by Gasteiger charge is 2.35. The SMILES string of the molecule is C=CCCCCCN1c2ccc(N=Nc3ccc([N+](=O)[O-])cc3Cl)cc2CC1(C)C. The lowest BCUT2D eigenvalue weighted by Gasteiger charge is -2.34. The van der Waals surface area contributed by atoms with E-state index in [1.54, 1.807) is 0 Å². The van der Waals surface area contributed by atoms with Gasteiger partial charge in [-0.3, -0.25) is 10.1 Å². The van der Waals surface area contributed by atoms with Gasteiger partial charge in [0.25, 0.3) is 5.69 Å². The predicted octanol–water partition coefficient (Wildman–Crippen LogP) is 7.55. The molecule has 0 saturated heterocycles. The van der Waals surface area contributed by atoms with E-state index in [1.165, 1.54) is 42.3 Å². The highest BCUT2D eigenvalue weighted by atomic mass is 35.5. The molecule has 2 aromatic rings. The predicted molar refractivity (Wildman–Crippen MR) is 123 cm³/mol. The van der Waals surface area contributed by atoms with Crippen molar-refractivity contribution >= 4 is 34.4 Å². The maximum atomic E-state index is 10.8. The van der Waals surface area contributed by atoms with Crippen LogP contribution >= 0.6 is 11.6 Å². The molecular weight excluding hydrogens is 400 g/mol. The Bertz CT molecular complexity index is 972. The topological polar surface area (TPSA) is 71.1 Å². The van der Waals surface area contributed by atoms with Crippen LogP contribution in [-0.4, -0.2) is 17.0 Å². The molecule has 0 radical (unpaired) electrons. The summed E-state index contributed by atoms with van der Waals surface area (Å²) in [4.78, 5) is 12.8. The molecule has 1 heterocycles. The van der Waals surface area contributed by atoms with E-state index in [4.69, 9.17) is 11.6 Å². The Morgan fingerprint density at radius 1 is 1.20 bits per heavy atom. The molecular formula is C23H27ClN4O2. The van der Waals surface area contributed by atoms with Crippen molar-refractivity contribution in [3.8, 4) is 0 Å². The minimum Gasteiger partial charge on any atom is -0.366 e. The van der Waals surface area contributed by atoms with E-state index in [1.807, 2.05) is 12.1 Å². The third-order valence-electron chi connectivity index (χ3n) is 5.41. The van der Waals surface area contributed by atoms with Crippen LogP contribution < -0.4 is 4.90 Å². The van der Waals surface area contributed by atoms with Gasteiger partial charge in [-0.2, -0.15) is 5.11 Å². The Kier molecular flexibility index (Phi) is 6.87. The largest absolute Gasteiger partial charge is 0.366 e. The zero-order chi connectivity index (χ0) is 21.7. The van der Waals surface area contributed by atoms with E-state index < -0.39 is 4.92 Å². The molecule has 0 N–H and O–H groups in total. The van der Waals surface area contributed by atoms with Crippen molar-refractivity contribution in [2.45, 2.75) is 51.5 Å². The molecule has 2 aromatic carbocycles. The molecule has 6 nitrogen and oxygen atoms in total. The average molecular weight is 427 g/mol. The van der Waals surface area contributed by atoms with Gasteiger partial charge in [0.1, 0.15) is 5.69 Å².